The molecule has 0 aliphatic carbocycles. The Kier molecular flexibility index (Phi) is 7.77. The van der Waals surface area contributed by atoms with Crippen molar-refractivity contribution in [2.24, 2.45) is 0 Å². The molecule has 7 nitrogen and oxygen atoms in total. The number of para-hydroxylation sites is 1. The molecular formula is C22H20ClNO6. The van der Waals surface area contributed by atoms with Gasteiger partial charge in [-0.05, 0) is 30.3 Å². The quantitative estimate of drug-likeness (QED) is 0.370. The molecule has 1 amide bonds. The number of aliphatic carboxylic acids is 1. The second-order valence-corrected chi connectivity index (χ2v) is 6.38. The smallest absolute Gasteiger partial charge is 0.328 e. The Labute approximate surface area is 178 Å². The Hall–Kier alpha value is -3.58. The summed E-state index contributed by atoms with van der Waals surface area (Å²) in [6.07, 6.45) is 3.09. The first-order chi connectivity index (χ1) is 14.3. The van der Waals surface area contributed by atoms with Gasteiger partial charge >= 0.3 is 5.97 Å². The van der Waals surface area contributed by atoms with Gasteiger partial charge in [0.2, 0.25) is 0 Å². The summed E-state index contributed by atoms with van der Waals surface area (Å²) in [6, 6.07) is 9.33. The number of methoxy groups -OCH3 is 2. The molecule has 1 N–H and O–H groups in total. The molecule has 156 valence electrons. The molecular weight excluding hydrogens is 410 g/mol. The molecule has 0 fully saturated rings. The van der Waals surface area contributed by atoms with E-state index in [0.29, 0.717) is 5.75 Å². The van der Waals surface area contributed by atoms with E-state index < -0.39 is 17.7 Å². The van der Waals surface area contributed by atoms with Crippen LogP contribution in [-0.4, -0.2) is 43.5 Å². The van der Waals surface area contributed by atoms with Gasteiger partial charge in [0.25, 0.3) is 5.91 Å². The fourth-order valence-corrected chi connectivity index (χ4v) is 2.98. The predicted molar refractivity (Wildman–Crippen MR) is 114 cm³/mol. The monoisotopic (exact) mass is 429 g/mol. The zero-order valence-corrected chi connectivity index (χ0v) is 17.2. The topological polar surface area (TPSA) is 93.1 Å². The number of carboxylic acid groups (broad SMARTS) is 1. The minimum absolute atomic E-state index is 0.0416. The summed E-state index contributed by atoms with van der Waals surface area (Å²) in [7, 11) is 2.87. The van der Waals surface area contributed by atoms with Crippen LogP contribution in [0, 0.1) is 0 Å². The second kappa shape index (κ2) is 10.3. The number of carbonyl (C=O) groups is 3. The van der Waals surface area contributed by atoms with E-state index in [4.69, 9.17) is 26.2 Å². The van der Waals surface area contributed by atoms with E-state index in [1.165, 1.54) is 43.4 Å². The summed E-state index contributed by atoms with van der Waals surface area (Å²) in [5.41, 5.74) is 0.592. The Bertz CT molecular complexity index is 1010. The number of hydrogen-bond acceptors (Lipinski definition) is 5. The summed E-state index contributed by atoms with van der Waals surface area (Å²) in [4.78, 5) is 38.0. The van der Waals surface area contributed by atoms with E-state index in [0.717, 1.165) is 12.2 Å². The maximum atomic E-state index is 13.4. The Morgan fingerprint density at radius 2 is 1.83 bits per heavy atom. The maximum absolute atomic E-state index is 13.4. The zero-order chi connectivity index (χ0) is 22.3. The lowest BCUT2D eigenvalue weighted by Gasteiger charge is -2.23. The summed E-state index contributed by atoms with van der Waals surface area (Å²) < 4.78 is 10.6. The second-order valence-electron chi connectivity index (χ2n) is 5.94. The standard InChI is InChI=1S/C22H20ClNO6/c1-4-12-24(19(25)10-11-20(26)27)17-9-8-14(23)13-16(17)21(28)15-6-5-7-18(29-2)22(15)30-3/h4-11,13H,1,12H2,2-3H3,(H,26,27). The van der Waals surface area contributed by atoms with E-state index in [1.807, 2.05) is 0 Å². The van der Waals surface area contributed by atoms with Gasteiger partial charge in [-0.1, -0.05) is 23.7 Å². The van der Waals surface area contributed by atoms with Crippen LogP contribution in [0.4, 0.5) is 5.69 Å². The van der Waals surface area contributed by atoms with Crippen molar-refractivity contribution in [3.05, 3.63) is 77.4 Å². The van der Waals surface area contributed by atoms with Crippen LogP contribution < -0.4 is 14.4 Å². The number of carboxylic acids is 1. The number of rotatable bonds is 9. The highest BCUT2D eigenvalue weighted by Gasteiger charge is 2.24. The largest absolute Gasteiger partial charge is 0.493 e. The molecule has 0 saturated carbocycles. The van der Waals surface area contributed by atoms with Crippen LogP contribution in [0.2, 0.25) is 5.02 Å². The lowest BCUT2D eigenvalue weighted by Crippen LogP contribution is -2.31. The molecule has 8 heteroatoms. The Morgan fingerprint density at radius 3 is 2.43 bits per heavy atom. The summed E-state index contributed by atoms with van der Waals surface area (Å²) in [6.45, 7) is 3.66. The molecule has 0 atom stereocenters. The highest BCUT2D eigenvalue weighted by Crippen LogP contribution is 2.35. The van der Waals surface area contributed by atoms with Gasteiger partial charge in [-0.15, -0.1) is 6.58 Å². The molecule has 0 heterocycles. The zero-order valence-electron chi connectivity index (χ0n) is 16.4. The molecule has 0 aliphatic heterocycles. The van der Waals surface area contributed by atoms with E-state index in [2.05, 4.69) is 6.58 Å². The molecule has 2 aromatic rings. The van der Waals surface area contributed by atoms with E-state index in [1.54, 1.807) is 18.2 Å². The SMILES string of the molecule is C=CCN(C(=O)C=CC(=O)O)c1ccc(Cl)cc1C(=O)c1cccc(OC)c1OC. The molecule has 0 unspecified atom stereocenters. The van der Waals surface area contributed by atoms with Crippen LogP contribution in [-0.2, 0) is 9.59 Å². The van der Waals surface area contributed by atoms with Gasteiger partial charge in [-0.25, -0.2) is 4.79 Å². The van der Waals surface area contributed by atoms with Crippen LogP contribution in [0.1, 0.15) is 15.9 Å². The molecule has 0 spiro atoms. The average Bonchev–Trinajstić information content (AvgIpc) is 2.74. The number of halogens is 1. The van der Waals surface area contributed by atoms with Crippen molar-refractivity contribution in [1.29, 1.82) is 0 Å². The van der Waals surface area contributed by atoms with Crippen molar-refractivity contribution >= 4 is 34.9 Å². The number of ketones is 1. The number of benzene rings is 2. The third kappa shape index (κ3) is 5.07. The van der Waals surface area contributed by atoms with Gasteiger partial charge in [0, 0.05) is 29.3 Å². The summed E-state index contributed by atoms with van der Waals surface area (Å²) in [5, 5.41) is 9.09. The predicted octanol–water partition coefficient (Wildman–Crippen LogP) is 3.75. The Balaban J connectivity index is 2.63. The highest BCUT2D eigenvalue weighted by molar-refractivity contribution is 6.31. The van der Waals surface area contributed by atoms with Crippen LogP contribution >= 0.6 is 11.6 Å². The lowest BCUT2D eigenvalue weighted by molar-refractivity contribution is -0.131. The minimum Gasteiger partial charge on any atom is -0.493 e. The minimum atomic E-state index is -1.27. The maximum Gasteiger partial charge on any atom is 0.328 e. The average molecular weight is 430 g/mol. The summed E-state index contributed by atoms with van der Waals surface area (Å²) >= 11 is 6.12. The number of hydrogen-bond donors (Lipinski definition) is 1. The number of nitrogens with zero attached hydrogens (tertiary/aromatic N) is 1. The van der Waals surface area contributed by atoms with E-state index >= 15 is 0 Å². The highest BCUT2D eigenvalue weighted by atomic mass is 35.5. The normalized spacial score (nSPS) is 10.5. The first-order valence-corrected chi connectivity index (χ1v) is 9.10. The first-order valence-electron chi connectivity index (χ1n) is 8.72. The first kappa shape index (κ1) is 22.7. The van der Waals surface area contributed by atoms with Gasteiger partial charge in [0.05, 0.1) is 25.5 Å². The van der Waals surface area contributed by atoms with Crippen LogP contribution in [0.5, 0.6) is 11.5 Å². The van der Waals surface area contributed by atoms with E-state index in [-0.39, 0.29) is 34.1 Å². The fourth-order valence-electron chi connectivity index (χ4n) is 2.81. The molecule has 0 bridgehead atoms. The fraction of sp³-hybridized carbons (Fsp3) is 0.136. The van der Waals surface area contributed by atoms with Crippen LogP contribution in [0.3, 0.4) is 0 Å². The molecule has 0 aromatic heterocycles. The third-order valence-corrected chi connectivity index (χ3v) is 4.32. The molecule has 2 aromatic carbocycles. The van der Waals surface area contributed by atoms with Crippen molar-refractivity contribution < 1.29 is 29.0 Å². The number of anilines is 1. The molecule has 2 rings (SSSR count). The van der Waals surface area contributed by atoms with Gasteiger partial charge < -0.3 is 19.5 Å². The van der Waals surface area contributed by atoms with Crippen molar-refractivity contribution in [2.75, 3.05) is 25.7 Å². The van der Waals surface area contributed by atoms with Gasteiger partial charge in [-0.3, -0.25) is 9.59 Å². The molecule has 0 radical (unpaired) electrons. The number of amides is 1. The molecule has 0 aliphatic rings. The van der Waals surface area contributed by atoms with Gasteiger partial charge in [0.1, 0.15) is 0 Å². The van der Waals surface area contributed by atoms with E-state index in [9.17, 15) is 14.4 Å². The molecule has 0 saturated heterocycles. The number of ether oxygens (including phenoxy) is 2. The van der Waals surface area contributed by atoms with Gasteiger partial charge in [0.15, 0.2) is 17.3 Å². The third-order valence-electron chi connectivity index (χ3n) is 4.09. The number of carbonyl (C=O) groups excluding carboxylic acids is 2. The van der Waals surface area contributed by atoms with Crippen LogP contribution in [0.25, 0.3) is 0 Å². The lowest BCUT2D eigenvalue weighted by atomic mass is 9.99. The van der Waals surface area contributed by atoms with Crippen LogP contribution in [0.15, 0.2) is 61.2 Å². The van der Waals surface area contributed by atoms with Gasteiger partial charge in [-0.2, -0.15) is 0 Å². The van der Waals surface area contributed by atoms with Crippen molar-refractivity contribution in [3.8, 4) is 11.5 Å². The molecule has 30 heavy (non-hydrogen) atoms. The summed E-state index contributed by atoms with van der Waals surface area (Å²) in [5.74, 6) is -1.74. The van der Waals surface area contributed by atoms with Crippen molar-refractivity contribution in [3.63, 3.8) is 0 Å². The van der Waals surface area contributed by atoms with Crippen molar-refractivity contribution in [1.82, 2.24) is 0 Å². The van der Waals surface area contributed by atoms with Crippen molar-refractivity contribution in [2.45, 2.75) is 0 Å². The Morgan fingerprint density at radius 1 is 1.10 bits per heavy atom.